The SMILES string of the molecule is CC(O)(CNC(=O)C(=O)NC1CCCCC1)c1cccs1. The third kappa shape index (κ3) is 4.54. The zero-order valence-electron chi connectivity index (χ0n) is 12.2. The topological polar surface area (TPSA) is 78.4 Å². The molecule has 0 saturated heterocycles. The molecular weight excluding hydrogens is 288 g/mol. The highest BCUT2D eigenvalue weighted by Gasteiger charge is 2.27. The predicted octanol–water partition coefficient (Wildman–Crippen LogP) is 1.52. The van der Waals surface area contributed by atoms with Crippen LogP contribution in [0.1, 0.15) is 43.9 Å². The molecule has 1 fully saturated rings. The Kier molecular flexibility index (Phi) is 5.36. The Morgan fingerprint density at radius 3 is 2.67 bits per heavy atom. The summed E-state index contributed by atoms with van der Waals surface area (Å²) in [6.07, 6.45) is 5.26. The molecule has 3 N–H and O–H groups in total. The van der Waals surface area contributed by atoms with Crippen LogP contribution in [0, 0.1) is 0 Å². The van der Waals surface area contributed by atoms with Crippen molar-refractivity contribution >= 4 is 23.2 Å². The van der Waals surface area contributed by atoms with Crippen molar-refractivity contribution in [3.63, 3.8) is 0 Å². The number of thiophene rings is 1. The second-order valence-corrected chi connectivity index (χ2v) is 6.69. The number of carbonyl (C=O) groups excluding carboxylic acids is 2. The lowest BCUT2D eigenvalue weighted by Gasteiger charge is -2.24. The second kappa shape index (κ2) is 7.04. The lowest BCUT2D eigenvalue weighted by Crippen LogP contribution is -2.48. The minimum absolute atomic E-state index is 0.0183. The monoisotopic (exact) mass is 310 g/mol. The molecule has 0 aromatic carbocycles. The number of rotatable bonds is 4. The summed E-state index contributed by atoms with van der Waals surface area (Å²) in [5.74, 6) is -1.29. The smallest absolute Gasteiger partial charge is 0.309 e. The molecule has 1 unspecified atom stereocenters. The molecule has 2 amide bonds. The number of carbonyl (C=O) groups is 2. The molecular formula is C15H22N2O3S. The molecule has 1 atom stereocenters. The standard InChI is InChI=1S/C15H22N2O3S/c1-15(20,12-8-5-9-21-12)10-16-13(18)14(19)17-11-6-3-2-4-7-11/h5,8-9,11,20H,2-4,6-7,10H2,1H3,(H,16,18)(H,17,19). The molecule has 0 aliphatic heterocycles. The lowest BCUT2D eigenvalue weighted by atomic mass is 9.95. The van der Waals surface area contributed by atoms with Gasteiger partial charge in [-0.1, -0.05) is 25.3 Å². The van der Waals surface area contributed by atoms with Gasteiger partial charge in [-0.15, -0.1) is 11.3 Å². The summed E-state index contributed by atoms with van der Waals surface area (Å²) in [4.78, 5) is 24.4. The van der Waals surface area contributed by atoms with Crippen LogP contribution in [-0.2, 0) is 15.2 Å². The van der Waals surface area contributed by atoms with Gasteiger partial charge in [0, 0.05) is 10.9 Å². The maximum absolute atomic E-state index is 11.8. The second-order valence-electron chi connectivity index (χ2n) is 5.74. The first kappa shape index (κ1) is 16.0. The molecule has 6 heteroatoms. The highest BCUT2D eigenvalue weighted by molar-refractivity contribution is 7.10. The molecule has 21 heavy (non-hydrogen) atoms. The quantitative estimate of drug-likeness (QED) is 0.738. The van der Waals surface area contributed by atoms with Crippen LogP contribution in [0.15, 0.2) is 17.5 Å². The molecule has 5 nitrogen and oxygen atoms in total. The Labute approximate surface area is 128 Å². The zero-order valence-corrected chi connectivity index (χ0v) is 13.0. The van der Waals surface area contributed by atoms with Gasteiger partial charge in [0.1, 0.15) is 5.60 Å². The van der Waals surface area contributed by atoms with E-state index in [9.17, 15) is 14.7 Å². The lowest BCUT2D eigenvalue weighted by molar-refractivity contribution is -0.140. The van der Waals surface area contributed by atoms with Crippen LogP contribution < -0.4 is 10.6 Å². The fourth-order valence-corrected chi connectivity index (χ4v) is 3.29. The average molecular weight is 310 g/mol. The van der Waals surface area contributed by atoms with Gasteiger partial charge in [0.25, 0.3) is 0 Å². The normalized spacial score (nSPS) is 18.8. The van der Waals surface area contributed by atoms with Crippen molar-refractivity contribution in [3.8, 4) is 0 Å². The Balaban J connectivity index is 1.79. The van der Waals surface area contributed by atoms with E-state index in [1.165, 1.54) is 17.8 Å². The van der Waals surface area contributed by atoms with E-state index in [0.717, 1.165) is 30.6 Å². The molecule has 116 valence electrons. The van der Waals surface area contributed by atoms with E-state index in [1.807, 2.05) is 11.4 Å². The van der Waals surface area contributed by atoms with Crippen LogP contribution >= 0.6 is 11.3 Å². The summed E-state index contributed by atoms with van der Waals surface area (Å²) in [5, 5.41) is 17.4. The molecule has 1 saturated carbocycles. The number of aliphatic hydroxyl groups is 1. The number of hydrogen-bond acceptors (Lipinski definition) is 4. The van der Waals surface area contributed by atoms with Crippen LogP contribution in [0.2, 0.25) is 0 Å². The van der Waals surface area contributed by atoms with E-state index >= 15 is 0 Å². The Hall–Kier alpha value is -1.40. The Morgan fingerprint density at radius 2 is 2.05 bits per heavy atom. The van der Waals surface area contributed by atoms with Crippen molar-refractivity contribution in [2.24, 2.45) is 0 Å². The Bertz CT molecular complexity index is 479. The summed E-state index contributed by atoms with van der Waals surface area (Å²) in [6, 6.07) is 3.75. The largest absolute Gasteiger partial charge is 0.383 e. The molecule has 1 aromatic rings. The van der Waals surface area contributed by atoms with Crippen molar-refractivity contribution in [1.82, 2.24) is 10.6 Å². The van der Waals surface area contributed by atoms with Crippen LogP contribution in [-0.4, -0.2) is 29.5 Å². The predicted molar refractivity (Wildman–Crippen MR) is 81.9 cm³/mol. The first-order valence-corrected chi connectivity index (χ1v) is 8.22. The molecule has 0 spiro atoms. The third-order valence-electron chi connectivity index (χ3n) is 3.79. The van der Waals surface area contributed by atoms with Crippen LogP contribution in [0.4, 0.5) is 0 Å². The summed E-state index contributed by atoms with van der Waals surface area (Å²) in [5.41, 5.74) is -1.16. The maximum atomic E-state index is 11.8. The average Bonchev–Trinajstić information content (AvgIpc) is 3.01. The fourth-order valence-electron chi connectivity index (χ4n) is 2.50. The van der Waals surface area contributed by atoms with Crippen molar-refractivity contribution in [1.29, 1.82) is 0 Å². The van der Waals surface area contributed by atoms with Gasteiger partial charge in [-0.05, 0) is 31.2 Å². The molecule has 1 aliphatic rings. The van der Waals surface area contributed by atoms with E-state index in [-0.39, 0.29) is 12.6 Å². The van der Waals surface area contributed by atoms with Gasteiger partial charge in [-0.25, -0.2) is 0 Å². The number of nitrogens with one attached hydrogen (secondary N) is 2. The zero-order chi connectivity index (χ0) is 15.3. The van der Waals surface area contributed by atoms with Gasteiger partial charge >= 0.3 is 11.8 Å². The molecule has 1 heterocycles. The van der Waals surface area contributed by atoms with Gasteiger partial charge in [-0.3, -0.25) is 9.59 Å². The number of amides is 2. The van der Waals surface area contributed by atoms with E-state index < -0.39 is 17.4 Å². The third-order valence-corrected chi connectivity index (χ3v) is 4.91. The minimum atomic E-state index is -1.16. The van der Waals surface area contributed by atoms with E-state index in [4.69, 9.17) is 0 Å². The van der Waals surface area contributed by atoms with Crippen molar-refractivity contribution in [2.45, 2.75) is 50.7 Å². The number of hydrogen-bond donors (Lipinski definition) is 3. The Morgan fingerprint density at radius 1 is 1.33 bits per heavy atom. The minimum Gasteiger partial charge on any atom is -0.383 e. The summed E-state index contributed by atoms with van der Waals surface area (Å²) in [6.45, 7) is 1.64. The highest BCUT2D eigenvalue weighted by Crippen LogP contribution is 2.24. The van der Waals surface area contributed by atoms with Gasteiger partial charge in [0.05, 0.1) is 6.54 Å². The van der Waals surface area contributed by atoms with E-state index in [2.05, 4.69) is 10.6 Å². The van der Waals surface area contributed by atoms with Gasteiger partial charge in [0.15, 0.2) is 0 Å². The van der Waals surface area contributed by atoms with Crippen LogP contribution in [0.5, 0.6) is 0 Å². The first-order chi connectivity index (χ1) is 9.99. The molecule has 0 bridgehead atoms. The first-order valence-electron chi connectivity index (χ1n) is 7.34. The highest BCUT2D eigenvalue weighted by atomic mass is 32.1. The van der Waals surface area contributed by atoms with E-state index in [1.54, 1.807) is 13.0 Å². The van der Waals surface area contributed by atoms with Gasteiger partial charge in [0.2, 0.25) is 0 Å². The van der Waals surface area contributed by atoms with Gasteiger partial charge in [-0.2, -0.15) is 0 Å². The molecule has 1 aromatic heterocycles. The van der Waals surface area contributed by atoms with Crippen LogP contribution in [0.25, 0.3) is 0 Å². The van der Waals surface area contributed by atoms with Crippen molar-refractivity contribution in [3.05, 3.63) is 22.4 Å². The van der Waals surface area contributed by atoms with Gasteiger partial charge < -0.3 is 15.7 Å². The van der Waals surface area contributed by atoms with Crippen LogP contribution in [0.3, 0.4) is 0 Å². The maximum Gasteiger partial charge on any atom is 0.309 e. The summed E-state index contributed by atoms with van der Waals surface area (Å²) < 4.78 is 0. The fraction of sp³-hybridized carbons (Fsp3) is 0.600. The van der Waals surface area contributed by atoms with Crippen molar-refractivity contribution < 1.29 is 14.7 Å². The van der Waals surface area contributed by atoms with E-state index in [0.29, 0.717) is 0 Å². The molecule has 0 radical (unpaired) electrons. The summed E-state index contributed by atoms with van der Waals surface area (Å²) >= 11 is 1.42. The molecule has 2 rings (SSSR count). The molecule has 1 aliphatic carbocycles. The van der Waals surface area contributed by atoms with Crippen molar-refractivity contribution in [2.75, 3.05) is 6.54 Å². The summed E-state index contributed by atoms with van der Waals surface area (Å²) in [7, 11) is 0.